The van der Waals surface area contributed by atoms with E-state index in [1.165, 1.54) is 12.8 Å². The van der Waals surface area contributed by atoms with Crippen LogP contribution in [0.3, 0.4) is 0 Å². The van der Waals surface area contributed by atoms with Crippen molar-refractivity contribution in [2.75, 3.05) is 19.0 Å². The van der Waals surface area contributed by atoms with Crippen LogP contribution in [0.1, 0.15) is 31.5 Å². The Kier molecular flexibility index (Phi) is 3.61. The van der Waals surface area contributed by atoms with Crippen LogP contribution in [0.15, 0.2) is 6.07 Å². The van der Waals surface area contributed by atoms with Crippen molar-refractivity contribution in [2.45, 2.75) is 31.7 Å². The number of halogens is 1. The summed E-state index contributed by atoms with van der Waals surface area (Å²) < 4.78 is 5.06. The first-order chi connectivity index (χ1) is 7.69. The quantitative estimate of drug-likeness (QED) is 0.805. The third kappa shape index (κ3) is 3.06. The average molecular weight is 242 g/mol. The van der Waals surface area contributed by atoms with Gasteiger partial charge in [-0.25, -0.2) is 9.97 Å². The third-order valence-electron chi connectivity index (χ3n) is 2.47. The van der Waals surface area contributed by atoms with Crippen molar-refractivity contribution in [3.8, 4) is 0 Å². The maximum atomic E-state index is 5.96. The van der Waals surface area contributed by atoms with Crippen molar-refractivity contribution in [1.82, 2.24) is 9.97 Å². The van der Waals surface area contributed by atoms with Gasteiger partial charge in [0.1, 0.15) is 16.8 Å². The Balaban J connectivity index is 2.07. The summed E-state index contributed by atoms with van der Waals surface area (Å²) in [6.45, 7) is 2.68. The van der Waals surface area contributed by atoms with Gasteiger partial charge in [-0.1, -0.05) is 11.6 Å². The molecule has 1 aromatic rings. The summed E-state index contributed by atoms with van der Waals surface area (Å²) in [5.41, 5.74) is 0. The minimum absolute atomic E-state index is 0.211. The summed E-state index contributed by atoms with van der Waals surface area (Å²) in [6.07, 6.45) is 2.35. The average Bonchev–Trinajstić information content (AvgIpc) is 2.99. The molecule has 0 spiro atoms. The van der Waals surface area contributed by atoms with Gasteiger partial charge in [-0.3, -0.25) is 0 Å². The molecule has 88 valence electrons. The van der Waals surface area contributed by atoms with Gasteiger partial charge in [0.25, 0.3) is 0 Å². The molecule has 1 saturated carbocycles. The zero-order chi connectivity index (χ0) is 11.5. The molecule has 1 aliphatic rings. The number of aromatic nitrogens is 2. The number of methoxy groups -OCH3 is 1. The van der Waals surface area contributed by atoms with Gasteiger partial charge in [-0.05, 0) is 19.8 Å². The zero-order valence-electron chi connectivity index (χ0n) is 9.53. The second-order valence-corrected chi connectivity index (χ2v) is 4.60. The number of nitrogens with zero attached hydrogens (tertiary/aromatic N) is 2. The summed E-state index contributed by atoms with van der Waals surface area (Å²) in [5, 5.41) is 3.75. The Hall–Kier alpha value is -0.870. The van der Waals surface area contributed by atoms with Crippen LogP contribution in [0.4, 0.5) is 5.82 Å². The Labute approximate surface area is 100 Å². The van der Waals surface area contributed by atoms with E-state index in [0.717, 1.165) is 11.6 Å². The SMILES string of the molecule is COC[C@H](C)Nc1cc(Cl)nc(C2CC2)n1. The number of rotatable bonds is 5. The standard InChI is InChI=1S/C11H16ClN3O/c1-7(6-16-2)13-10-5-9(12)14-11(15-10)8-3-4-8/h5,7-8H,3-4,6H2,1-2H3,(H,13,14,15)/t7-/m0/s1. The maximum absolute atomic E-state index is 5.96. The van der Waals surface area contributed by atoms with E-state index in [4.69, 9.17) is 16.3 Å². The van der Waals surface area contributed by atoms with Gasteiger partial charge in [0.05, 0.1) is 6.61 Å². The van der Waals surface area contributed by atoms with Crippen LogP contribution in [0.2, 0.25) is 5.15 Å². The Morgan fingerprint density at radius 3 is 2.94 bits per heavy atom. The molecular formula is C11H16ClN3O. The van der Waals surface area contributed by atoms with Crippen LogP contribution in [-0.2, 0) is 4.74 Å². The summed E-state index contributed by atoms with van der Waals surface area (Å²) in [7, 11) is 1.68. The van der Waals surface area contributed by atoms with Gasteiger partial charge >= 0.3 is 0 Å². The number of hydrogen-bond acceptors (Lipinski definition) is 4. The lowest BCUT2D eigenvalue weighted by molar-refractivity contribution is 0.190. The Bertz CT molecular complexity index is 368. The van der Waals surface area contributed by atoms with E-state index >= 15 is 0 Å². The molecule has 16 heavy (non-hydrogen) atoms. The van der Waals surface area contributed by atoms with E-state index in [-0.39, 0.29) is 6.04 Å². The van der Waals surface area contributed by atoms with E-state index in [1.54, 1.807) is 13.2 Å². The highest BCUT2D eigenvalue weighted by molar-refractivity contribution is 6.29. The predicted molar refractivity (Wildman–Crippen MR) is 64.0 cm³/mol. The monoisotopic (exact) mass is 241 g/mol. The highest BCUT2D eigenvalue weighted by Crippen LogP contribution is 2.38. The highest BCUT2D eigenvalue weighted by atomic mass is 35.5. The molecule has 1 heterocycles. The van der Waals surface area contributed by atoms with Gasteiger partial charge in [0.15, 0.2) is 0 Å². The van der Waals surface area contributed by atoms with E-state index < -0.39 is 0 Å². The van der Waals surface area contributed by atoms with Crippen LogP contribution in [0.25, 0.3) is 0 Å². The van der Waals surface area contributed by atoms with Crippen LogP contribution < -0.4 is 5.32 Å². The van der Waals surface area contributed by atoms with Gasteiger partial charge in [0.2, 0.25) is 0 Å². The van der Waals surface area contributed by atoms with Crippen molar-refractivity contribution in [3.63, 3.8) is 0 Å². The molecule has 5 heteroatoms. The lowest BCUT2D eigenvalue weighted by atomic mass is 10.3. The number of hydrogen-bond donors (Lipinski definition) is 1. The highest BCUT2D eigenvalue weighted by Gasteiger charge is 2.27. The molecule has 0 aliphatic heterocycles. The molecule has 0 radical (unpaired) electrons. The van der Waals surface area contributed by atoms with E-state index in [1.807, 2.05) is 6.92 Å². The predicted octanol–water partition coefficient (Wildman–Crippen LogP) is 2.45. The summed E-state index contributed by atoms with van der Waals surface area (Å²) >= 11 is 5.96. The second-order valence-electron chi connectivity index (χ2n) is 4.21. The largest absolute Gasteiger partial charge is 0.383 e. The van der Waals surface area contributed by atoms with Crippen molar-refractivity contribution < 1.29 is 4.74 Å². The maximum Gasteiger partial charge on any atom is 0.135 e. The van der Waals surface area contributed by atoms with E-state index in [0.29, 0.717) is 17.7 Å². The molecule has 0 aromatic carbocycles. The molecule has 0 saturated heterocycles. The normalized spacial score (nSPS) is 17.2. The van der Waals surface area contributed by atoms with Crippen molar-refractivity contribution in [1.29, 1.82) is 0 Å². The topological polar surface area (TPSA) is 47.0 Å². The lowest BCUT2D eigenvalue weighted by Crippen LogP contribution is -2.21. The second kappa shape index (κ2) is 4.97. The third-order valence-corrected chi connectivity index (χ3v) is 2.66. The van der Waals surface area contributed by atoms with Crippen molar-refractivity contribution in [3.05, 3.63) is 17.0 Å². The van der Waals surface area contributed by atoms with E-state index in [2.05, 4.69) is 15.3 Å². The molecule has 2 rings (SSSR count). The zero-order valence-corrected chi connectivity index (χ0v) is 10.3. The van der Waals surface area contributed by atoms with Crippen LogP contribution in [0, 0.1) is 0 Å². The van der Waals surface area contributed by atoms with E-state index in [9.17, 15) is 0 Å². The summed E-state index contributed by atoms with van der Waals surface area (Å²) in [4.78, 5) is 8.69. The Morgan fingerprint density at radius 2 is 2.31 bits per heavy atom. The summed E-state index contributed by atoms with van der Waals surface area (Å²) in [6, 6.07) is 1.96. The van der Waals surface area contributed by atoms with Crippen molar-refractivity contribution >= 4 is 17.4 Å². The van der Waals surface area contributed by atoms with Gasteiger partial charge in [-0.15, -0.1) is 0 Å². The number of nitrogens with one attached hydrogen (secondary N) is 1. The molecular weight excluding hydrogens is 226 g/mol. The first kappa shape index (κ1) is 11.6. The van der Waals surface area contributed by atoms with Gasteiger partial charge in [-0.2, -0.15) is 0 Å². The molecule has 0 amide bonds. The fourth-order valence-corrected chi connectivity index (χ4v) is 1.77. The molecule has 1 atom stereocenters. The van der Waals surface area contributed by atoms with Crippen LogP contribution in [-0.4, -0.2) is 29.7 Å². The molecule has 1 aromatic heterocycles. The fourth-order valence-electron chi connectivity index (χ4n) is 1.58. The molecule has 0 bridgehead atoms. The smallest absolute Gasteiger partial charge is 0.135 e. The van der Waals surface area contributed by atoms with Gasteiger partial charge in [0, 0.05) is 25.1 Å². The first-order valence-electron chi connectivity index (χ1n) is 5.49. The minimum atomic E-state index is 0.211. The molecule has 1 N–H and O–H groups in total. The molecule has 0 unspecified atom stereocenters. The van der Waals surface area contributed by atoms with Crippen molar-refractivity contribution in [2.24, 2.45) is 0 Å². The Morgan fingerprint density at radius 1 is 1.56 bits per heavy atom. The minimum Gasteiger partial charge on any atom is -0.383 e. The molecule has 1 fully saturated rings. The molecule has 4 nitrogen and oxygen atoms in total. The summed E-state index contributed by atoms with van der Waals surface area (Å²) in [5.74, 6) is 2.16. The van der Waals surface area contributed by atoms with Crippen LogP contribution >= 0.6 is 11.6 Å². The first-order valence-corrected chi connectivity index (χ1v) is 5.87. The number of anilines is 1. The lowest BCUT2D eigenvalue weighted by Gasteiger charge is -2.14. The molecule has 1 aliphatic carbocycles. The number of ether oxygens (including phenoxy) is 1. The van der Waals surface area contributed by atoms with Gasteiger partial charge < -0.3 is 10.1 Å². The fraction of sp³-hybridized carbons (Fsp3) is 0.636. The van der Waals surface area contributed by atoms with Crippen LogP contribution in [0.5, 0.6) is 0 Å².